The average molecular weight is 566 g/mol. The minimum atomic E-state index is -3.52. The van der Waals surface area contributed by atoms with Crippen LogP contribution in [-0.4, -0.2) is 36.8 Å². The van der Waals surface area contributed by atoms with E-state index in [1.54, 1.807) is 42.6 Å². The summed E-state index contributed by atoms with van der Waals surface area (Å²) in [6.07, 6.45) is 2.76. The Labute approximate surface area is 229 Å². The van der Waals surface area contributed by atoms with Crippen LogP contribution in [0.1, 0.15) is 23.5 Å². The number of furan rings is 1. The second-order valence-corrected chi connectivity index (χ2v) is 10.9. The Hall–Kier alpha value is -4.49. The third-order valence-corrected chi connectivity index (χ3v) is 7.04. The van der Waals surface area contributed by atoms with Crippen molar-refractivity contribution in [2.75, 3.05) is 23.0 Å². The largest absolute Gasteiger partial charge is 0.494 e. The molecule has 0 aliphatic carbocycles. The molecule has 2 unspecified atom stereocenters. The Kier molecular flexibility index (Phi) is 6.93. The molecule has 0 amide bonds. The number of benzene rings is 2. The zero-order chi connectivity index (χ0) is 27.7. The lowest BCUT2D eigenvalue weighted by molar-refractivity contribution is -0.384. The number of thiocarbonyl (C=S) groups is 1. The molecule has 0 spiro atoms. The van der Waals surface area contributed by atoms with Crippen LogP contribution in [0, 0.1) is 10.1 Å². The van der Waals surface area contributed by atoms with E-state index in [0.717, 1.165) is 11.9 Å². The molecular weight excluding hydrogens is 542 g/mol. The standard InChI is InChI=1S/C26H23N5O6S2/c1-36-23-15-18(10-11-19(23)29-39(2,34)35)30-25(24(28-26(30)38)20-5-3-4-14-27-20)22-13-12-21(37-22)16-6-8-17(9-7-16)31(32)33/h3-15,24-25,29H,1-2H3,(H,28,38). The SMILES string of the molecule is COc1cc(N2C(=S)NC(c3ccccn3)C2c2ccc(-c3ccc([N+](=O)[O-])cc3)o2)ccc1NS(C)(=O)=O. The molecule has 39 heavy (non-hydrogen) atoms. The van der Waals surface area contributed by atoms with Crippen LogP contribution in [-0.2, 0) is 10.0 Å². The van der Waals surface area contributed by atoms with Gasteiger partial charge in [-0.3, -0.25) is 19.8 Å². The van der Waals surface area contributed by atoms with Crippen molar-refractivity contribution in [3.63, 3.8) is 0 Å². The van der Waals surface area contributed by atoms with Crippen molar-refractivity contribution < 1.29 is 22.5 Å². The third kappa shape index (κ3) is 5.40. The summed E-state index contributed by atoms with van der Waals surface area (Å²) in [5.41, 5.74) is 2.33. The number of nitro groups is 1. The van der Waals surface area contributed by atoms with Crippen LogP contribution in [0.3, 0.4) is 0 Å². The first kappa shape index (κ1) is 26.1. The molecule has 2 aromatic carbocycles. The van der Waals surface area contributed by atoms with Gasteiger partial charge in [-0.25, -0.2) is 8.42 Å². The van der Waals surface area contributed by atoms with E-state index >= 15 is 0 Å². The minimum Gasteiger partial charge on any atom is -0.494 e. The quantitative estimate of drug-likeness (QED) is 0.174. The molecule has 1 aliphatic rings. The van der Waals surface area contributed by atoms with Crippen LogP contribution >= 0.6 is 12.2 Å². The average Bonchev–Trinajstić information content (AvgIpc) is 3.53. The monoisotopic (exact) mass is 565 g/mol. The van der Waals surface area contributed by atoms with Crippen LogP contribution in [0.25, 0.3) is 11.3 Å². The molecule has 0 bridgehead atoms. The summed E-state index contributed by atoms with van der Waals surface area (Å²) in [4.78, 5) is 17.0. The van der Waals surface area contributed by atoms with Gasteiger partial charge in [0.25, 0.3) is 5.69 Å². The van der Waals surface area contributed by atoms with Gasteiger partial charge >= 0.3 is 0 Å². The van der Waals surface area contributed by atoms with Gasteiger partial charge in [0, 0.05) is 35.6 Å². The maximum atomic E-state index is 11.8. The number of pyridine rings is 1. The molecule has 0 saturated carbocycles. The number of nitro benzene ring substituents is 1. The Bertz CT molecular complexity index is 1640. The molecule has 2 N–H and O–H groups in total. The van der Waals surface area contributed by atoms with Gasteiger partial charge < -0.3 is 19.4 Å². The first-order valence-corrected chi connectivity index (χ1v) is 14.0. The number of rotatable bonds is 8. The number of methoxy groups -OCH3 is 1. The molecule has 5 rings (SSSR count). The van der Waals surface area contributed by atoms with Gasteiger partial charge in [0.05, 0.1) is 35.7 Å². The molecule has 1 aliphatic heterocycles. The molecule has 13 heteroatoms. The first-order valence-electron chi connectivity index (χ1n) is 11.7. The van der Waals surface area contributed by atoms with Gasteiger partial charge in [-0.15, -0.1) is 0 Å². The van der Waals surface area contributed by atoms with Gasteiger partial charge in [-0.1, -0.05) is 6.07 Å². The van der Waals surface area contributed by atoms with E-state index in [1.807, 2.05) is 29.2 Å². The fraction of sp³-hybridized carbons (Fsp3) is 0.154. The summed E-state index contributed by atoms with van der Waals surface area (Å²) in [5, 5.41) is 14.8. The Morgan fingerprint density at radius 3 is 2.54 bits per heavy atom. The molecule has 2 atom stereocenters. The predicted molar refractivity (Wildman–Crippen MR) is 150 cm³/mol. The smallest absolute Gasteiger partial charge is 0.269 e. The van der Waals surface area contributed by atoms with E-state index in [2.05, 4.69) is 15.0 Å². The number of hydrogen-bond donors (Lipinski definition) is 2. The summed E-state index contributed by atoms with van der Waals surface area (Å²) in [5.74, 6) is 1.41. The van der Waals surface area contributed by atoms with Crippen LogP contribution < -0.4 is 19.7 Å². The molecule has 200 valence electrons. The maximum Gasteiger partial charge on any atom is 0.269 e. The van der Waals surface area contributed by atoms with Crippen molar-refractivity contribution in [2.24, 2.45) is 0 Å². The van der Waals surface area contributed by atoms with Crippen molar-refractivity contribution in [1.82, 2.24) is 10.3 Å². The highest BCUT2D eigenvalue weighted by molar-refractivity contribution is 7.92. The number of aromatic nitrogens is 1. The summed E-state index contributed by atoms with van der Waals surface area (Å²) in [6.45, 7) is 0. The van der Waals surface area contributed by atoms with Gasteiger partial charge in [0.15, 0.2) is 5.11 Å². The zero-order valence-electron chi connectivity index (χ0n) is 20.8. The summed E-state index contributed by atoms with van der Waals surface area (Å²) in [6, 6.07) is 19.5. The Morgan fingerprint density at radius 1 is 1.13 bits per heavy atom. The van der Waals surface area contributed by atoms with Gasteiger partial charge in [-0.05, 0) is 60.7 Å². The number of hydrogen-bond acceptors (Lipinski definition) is 8. The molecule has 11 nitrogen and oxygen atoms in total. The van der Waals surface area contributed by atoms with Crippen molar-refractivity contribution in [1.29, 1.82) is 0 Å². The van der Waals surface area contributed by atoms with Crippen molar-refractivity contribution in [3.05, 3.63) is 101 Å². The van der Waals surface area contributed by atoms with E-state index in [9.17, 15) is 18.5 Å². The Morgan fingerprint density at radius 2 is 1.90 bits per heavy atom. The number of nitrogens with one attached hydrogen (secondary N) is 2. The lowest BCUT2D eigenvalue weighted by atomic mass is 10.0. The van der Waals surface area contributed by atoms with E-state index in [0.29, 0.717) is 33.6 Å². The second kappa shape index (κ2) is 10.3. The summed E-state index contributed by atoms with van der Waals surface area (Å²) < 4.78 is 37.8. The number of ether oxygens (including phenoxy) is 1. The fourth-order valence-electron chi connectivity index (χ4n) is 4.45. The highest BCUT2D eigenvalue weighted by Gasteiger charge is 2.43. The second-order valence-electron chi connectivity index (χ2n) is 8.76. The fourth-order valence-corrected chi connectivity index (χ4v) is 5.36. The van der Waals surface area contributed by atoms with Crippen LogP contribution in [0.2, 0.25) is 0 Å². The minimum absolute atomic E-state index is 0.0139. The molecule has 1 fully saturated rings. The molecule has 2 aromatic heterocycles. The van der Waals surface area contributed by atoms with Gasteiger partial charge in [0.2, 0.25) is 10.0 Å². The van der Waals surface area contributed by atoms with Gasteiger partial charge in [-0.2, -0.15) is 0 Å². The molecule has 3 heterocycles. The normalized spacial score (nSPS) is 17.1. The lowest BCUT2D eigenvalue weighted by Crippen LogP contribution is -2.29. The van der Waals surface area contributed by atoms with Crippen molar-refractivity contribution in [3.8, 4) is 17.1 Å². The molecule has 1 saturated heterocycles. The summed E-state index contributed by atoms with van der Waals surface area (Å²) >= 11 is 5.74. The lowest BCUT2D eigenvalue weighted by Gasteiger charge is -2.26. The zero-order valence-corrected chi connectivity index (χ0v) is 22.4. The highest BCUT2D eigenvalue weighted by atomic mass is 32.2. The van der Waals surface area contributed by atoms with Gasteiger partial charge in [0.1, 0.15) is 23.3 Å². The van der Waals surface area contributed by atoms with E-state index in [1.165, 1.54) is 19.2 Å². The van der Waals surface area contributed by atoms with E-state index < -0.39 is 21.0 Å². The molecule has 0 radical (unpaired) electrons. The Balaban J connectivity index is 1.57. The molecular formula is C26H23N5O6S2. The summed E-state index contributed by atoms with van der Waals surface area (Å²) in [7, 11) is -2.08. The highest BCUT2D eigenvalue weighted by Crippen LogP contribution is 2.44. The maximum absolute atomic E-state index is 11.8. The number of anilines is 2. The first-order chi connectivity index (χ1) is 18.6. The van der Waals surface area contributed by atoms with Crippen LogP contribution in [0.4, 0.5) is 17.1 Å². The third-order valence-electron chi connectivity index (χ3n) is 6.14. The van der Waals surface area contributed by atoms with Crippen LogP contribution in [0.15, 0.2) is 83.4 Å². The topological polar surface area (TPSA) is 140 Å². The predicted octanol–water partition coefficient (Wildman–Crippen LogP) is 4.81. The van der Waals surface area contributed by atoms with E-state index in [-0.39, 0.29) is 17.4 Å². The van der Waals surface area contributed by atoms with Crippen molar-refractivity contribution in [2.45, 2.75) is 12.1 Å². The number of non-ortho nitro benzene ring substituents is 1. The number of nitrogens with zero attached hydrogens (tertiary/aromatic N) is 3. The molecule has 4 aromatic rings. The van der Waals surface area contributed by atoms with E-state index in [4.69, 9.17) is 21.4 Å². The number of sulfonamides is 1. The van der Waals surface area contributed by atoms with Crippen LogP contribution in [0.5, 0.6) is 5.75 Å². The van der Waals surface area contributed by atoms with Crippen molar-refractivity contribution >= 4 is 44.4 Å².